The van der Waals surface area contributed by atoms with E-state index in [1.165, 1.54) is 36.1 Å². The molecule has 1 aromatic heterocycles. The molecule has 0 bridgehead atoms. The predicted octanol–water partition coefficient (Wildman–Crippen LogP) is 5.46. The third-order valence-electron chi connectivity index (χ3n) is 6.57. The molecule has 5 rings (SSSR count). The molecular weight excluding hydrogens is 497 g/mol. The number of amides is 3. The molecule has 9 nitrogen and oxygen atoms in total. The Morgan fingerprint density at radius 2 is 1.67 bits per heavy atom. The number of allylic oxidation sites excluding steroid dienone is 2. The van der Waals surface area contributed by atoms with E-state index in [1.54, 1.807) is 41.3 Å². The maximum absolute atomic E-state index is 13.4. The minimum absolute atomic E-state index is 0.0838. The minimum Gasteiger partial charge on any atom is -0.334 e. The molecule has 4 aromatic rings. The lowest BCUT2D eigenvalue weighted by molar-refractivity contribution is 0.102. The molecule has 0 radical (unpaired) electrons. The van der Waals surface area contributed by atoms with Crippen LogP contribution < -0.4 is 15.5 Å². The number of nitrogens with zero attached hydrogens (tertiary/aromatic N) is 4. The number of tetrazole rings is 1. The van der Waals surface area contributed by atoms with Gasteiger partial charge in [0.25, 0.3) is 11.9 Å². The van der Waals surface area contributed by atoms with Crippen LogP contribution in [0.25, 0.3) is 5.57 Å². The fourth-order valence-corrected chi connectivity index (χ4v) is 4.44. The van der Waals surface area contributed by atoms with Crippen molar-refractivity contribution in [1.82, 2.24) is 25.9 Å². The molecular formula is C29H28FN7O2. The normalized spacial score (nSPS) is 12.9. The fourth-order valence-electron chi connectivity index (χ4n) is 4.44. The summed E-state index contributed by atoms with van der Waals surface area (Å²) in [6, 6.07) is 20.7. The van der Waals surface area contributed by atoms with E-state index in [0.29, 0.717) is 5.56 Å². The Hall–Kier alpha value is -4.86. The largest absolute Gasteiger partial charge is 0.334 e. The van der Waals surface area contributed by atoms with Crippen LogP contribution in [-0.4, -0.2) is 32.6 Å². The van der Waals surface area contributed by atoms with Crippen LogP contribution in [0.1, 0.15) is 52.7 Å². The first-order valence-corrected chi connectivity index (χ1v) is 12.8. The second-order valence-corrected chi connectivity index (χ2v) is 9.28. The molecule has 0 spiro atoms. The maximum atomic E-state index is 13.4. The van der Waals surface area contributed by atoms with Gasteiger partial charge in [0.2, 0.25) is 0 Å². The lowest BCUT2D eigenvalue weighted by Gasteiger charge is -2.24. The predicted molar refractivity (Wildman–Crippen MR) is 146 cm³/mol. The lowest BCUT2D eigenvalue weighted by atomic mass is 9.93. The van der Waals surface area contributed by atoms with E-state index < -0.39 is 0 Å². The first-order chi connectivity index (χ1) is 19.0. The Labute approximate surface area is 225 Å². The van der Waals surface area contributed by atoms with Gasteiger partial charge in [-0.25, -0.2) is 9.18 Å². The summed E-state index contributed by atoms with van der Waals surface area (Å²) < 4.78 is 13.3. The smallest absolute Gasteiger partial charge is 0.322 e. The Morgan fingerprint density at radius 1 is 0.923 bits per heavy atom. The Morgan fingerprint density at radius 3 is 2.33 bits per heavy atom. The van der Waals surface area contributed by atoms with Crippen LogP contribution in [0, 0.1) is 5.82 Å². The fraction of sp³-hybridized carbons (Fsp3) is 0.207. The van der Waals surface area contributed by atoms with Crippen molar-refractivity contribution in [3.8, 4) is 0 Å². The van der Waals surface area contributed by atoms with Crippen LogP contribution in [0.2, 0.25) is 0 Å². The quantitative estimate of drug-likeness (QED) is 0.282. The third-order valence-corrected chi connectivity index (χ3v) is 6.57. The van der Waals surface area contributed by atoms with Gasteiger partial charge < -0.3 is 5.32 Å². The van der Waals surface area contributed by atoms with E-state index >= 15 is 0 Å². The third kappa shape index (κ3) is 6.72. The molecule has 0 saturated carbocycles. The van der Waals surface area contributed by atoms with Gasteiger partial charge in [0, 0.05) is 17.8 Å². The van der Waals surface area contributed by atoms with E-state index in [0.717, 1.165) is 29.7 Å². The van der Waals surface area contributed by atoms with E-state index in [1.807, 2.05) is 12.1 Å². The average molecular weight is 526 g/mol. The number of hydrogen-bond acceptors (Lipinski definition) is 5. The standard InChI is InChI=1S/C29H28FN7O2/c30-25-14-8-20(9-15-25)18-31-29(39)37(26-16-12-23(13-17-26)22-4-2-1-3-5-22)19-21-6-10-24(11-7-21)27(38)32-28-33-35-36-34-28/h4,6-17H,1-3,5,18-19H2,(H,31,39)(H2,32,33,34,35,36,38). The van der Waals surface area contributed by atoms with Crippen molar-refractivity contribution < 1.29 is 14.0 Å². The number of nitrogens with one attached hydrogen (secondary N) is 3. The molecule has 3 aromatic carbocycles. The van der Waals surface area contributed by atoms with E-state index in [4.69, 9.17) is 0 Å². The average Bonchev–Trinajstić information content (AvgIpc) is 3.49. The summed E-state index contributed by atoms with van der Waals surface area (Å²) in [4.78, 5) is 27.5. The number of urea groups is 1. The van der Waals surface area contributed by atoms with Crippen molar-refractivity contribution in [2.45, 2.75) is 38.8 Å². The number of carbonyl (C=O) groups is 2. The second-order valence-electron chi connectivity index (χ2n) is 9.28. The van der Waals surface area contributed by atoms with Crippen LogP contribution in [0.15, 0.2) is 78.9 Å². The molecule has 1 aliphatic rings. The molecule has 1 heterocycles. The van der Waals surface area contributed by atoms with Crippen LogP contribution in [0.4, 0.5) is 20.8 Å². The summed E-state index contributed by atoms with van der Waals surface area (Å²) in [5.41, 5.74) is 5.30. The highest BCUT2D eigenvalue weighted by Crippen LogP contribution is 2.28. The number of H-pyrrole nitrogens is 1. The van der Waals surface area contributed by atoms with E-state index in [-0.39, 0.29) is 36.8 Å². The SMILES string of the molecule is O=C(Nc1nn[nH]n1)c1ccc(CN(C(=O)NCc2ccc(F)cc2)c2ccc(C3=CCCCC3)cc2)cc1. The number of benzene rings is 3. The molecule has 0 aliphatic heterocycles. The summed E-state index contributed by atoms with van der Waals surface area (Å²) in [6.45, 7) is 0.541. The summed E-state index contributed by atoms with van der Waals surface area (Å²) in [5.74, 6) is -0.612. The molecule has 0 fully saturated rings. The number of carbonyl (C=O) groups excluding carboxylic acids is 2. The van der Waals surface area contributed by atoms with E-state index in [2.05, 4.69) is 49.5 Å². The molecule has 0 atom stereocenters. The van der Waals surface area contributed by atoms with Gasteiger partial charge in [0.15, 0.2) is 0 Å². The number of halogens is 1. The molecule has 10 heteroatoms. The van der Waals surface area contributed by atoms with Crippen molar-refractivity contribution in [1.29, 1.82) is 0 Å². The summed E-state index contributed by atoms with van der Waals surface area (Å²) in [7, 11) is 0. The molecule has 39 heavy (non-hydrogen) atoms. The highest BCUT2D eigenvalue weighted by atomic mass is 19.1. The van der Waals surface area contributed by atoms with Crippen molar-refractivity contribution >= 4 is 29.1 Å². The molecule has 3 N–H and O–H groups in total. The zero-order valence-corrected chi connectivity index (χ0v) is 21.2. The zero-order chi connectivity index (χ0) is 27.0. The summed E-state index contributed by atoms with van der Waals surface area (Å²) in [5, 5.41) is 18.6. The van der Waals surface area contributed by atoms with Crippen LogP contribution in [-0.2, 0) is 13.1 Å². The number of rotatable bonds is 8. The molecule has 198 valence electrons. The number of hydrogen-bond donors (Lipinski definition) is 3. The highest BCUT2D eigenvalue weighted by Gasteiger charge is 2.18. The number of aromatic amines is 1. The molecule has 3 amide bonds. The van der Waals surface area contributed by atoms with Crippen LogP contribution in [0.3, 0.4) is 0 Å². The van der Waals surface area contributed by atoms with Gasteiger partial charge in [-0.3, -0.25) is 15.0 Å². The van der Waals surface area contributed by atoms with Gasteiger partial charge in [-0.2, -0.15) is 5.21 Å². The first-order valence-electron chi connectivity index (χ1n) is 12.8. The van der Waals surface area contributed by atoms with Crippen molar-refractivity contribution in [2.24, 2.45) is 0 Å². The summed E-state index contributed by atoms with van der Waals surface area (Å²) in [6.07, 6.45) is 6.86. The van der Waals surface area contributed by atoms with Gasteiger partial charge in [0.05, 0.1) is 6.54 Å². The monoisotopic (exact) mass is 525 g/mol. The van der Waals surface area contributed by atoms with Crippen LogP contribution >= 0.6 is 0 Å². The number of anilines is 2. The van der Waals surface area contributed by atoms with Gasteiger partial charge in [-0.05, 0) is 89.6 Å². The van der Waals surface area contributed by atoms with Crippen LogP contribution in [0.5, 0.6) is 0 Å². The Bertz CT molecular complexity index is 1430. The minimum atomic E-state index is -0.371. The van der Waals surface area contributed by atoms with Gasteiger partial charge in [-0.15, -0.1) is 5.10 Å². The van der Waals surface area contributed by atoms with Gasteiger partial charge in [0.1, 0.15) is 5.82 Å². The molecule has 0 saturated heterocycles. The Kier molecular flexibility index (Phi) is 8.01. The Balaban J connectivity index is 1.32. The second kappa shape index (κ2) is 12.1. The topological polar surface area (TPSA) is 116 Å². The van der Waals surface area contributed by atoms with Crippen molar-refractivity contribution in [3.63, 3.8) is 0 Å². The zero-order valence-electron chi connectivity index (χ0n) is 21.2. The first kappa shape index (κ1) is 25.8. The number of aromatic nitrogens is 4. The molecule has 0 unspecified atom stereocenters. The highest BCUT2D eigenvalue weighted by molar-refractivity contribution is 6.03. The van der Waals surface area contributed by atoms with Crippen molar-refractivity contribution in [2.75, 3.05) is 10.2 Å². The van der Waals surface area contributed by atoms with Gasteiger partial charge in [-0.1, -0.05) is 47.6 Å². The summed E-state index contributed by atoms with van der Waals surface area (Å²) >= 11 is 0. The van der Waals surface area contributed by atoms with Crippen molar-refractivity contribution in [3.05, 3.63) is 107 Å². The maximum Gasteiger partial charge on any atom is 0.322 e. The van der Waals surface area contributed by atoms with E-state index in [9.17, 15) is 14.0 Å². The molecule has 1 aliphatic carbocycles. The van der Waals surface area contributed by atoms with Gasteiger partial charge >= 0.3 is 6.03 Å². The lowest BCUT2D eigenvalue weighted by Crippen LogP contribution is -2.39.